The molecule has 1 N–H and O–H groups in total. The van der Waals surface area contributed by atoms with Gasteiger partial charge < -0.3 is 19.3 Å². The molecule has 7 heteroatoms. The molecule has 0 aliphatic carbocycles. The molecule has 1 aliphatic heterocycles. The summed E-state index contributed by atoms with van der Waals surface area (Å²) in [7, 11) is 1.59. The number of hydrogen-bond donors (Lipinski definition) is 1. The molecule has 0 spiro atoms. The average molecular weight is 492 g/mol. The normalized spacial score (nSPS) is 17.9. The second-order valence-corrected chi connectivity index (χ2v) is 9.08. The Morgan fingerprint density at radius 2 is 2.03 bits per heavy atom. The topological polar surface area (TPSA) is 77.9 Å². The smallest absolute Gasteiger partial charge is 0.309 e. The number of halogens is 1. The molecule has 3 aromatic rings. The summed E-state index contributed by atoms with van der Waals surface area (Å²) in [6, 6.07) is 11.9. The van der Waals surface area contributed by atoms with Crippen LogP contribution in [-0.4, -0.2) is 35.4 Å². The lowest BCUT2D eigenvalue weighted by molar-refractivity contribution is -0.156. The van der Waals surface area contributed by atoms with Gasteiger partial charge in [-0.05, 0) is 52.9 Å². The predicted octanol–water partition coefficient (Wildman–Crippen LogP) is 5.68. The minimum Gasteiger partial charge on any atom is -0.493 e. The summed E-state index contributed by atoms with van der Waals surface area (Å²) in [4.78, 5) is 16.0. The lowest BCUT2D eigenvalue weighted by atomic mass is 9.88. The Bertz CT molecular complexity index is 1220. The summed E-state index contributed by atoms with van der Waals surface area (Å²) < 4.78 is 31.3. The fourth-order valence-corrected chi connectivity index (χ4v) is 4.30. The SMILES string of the molecule is COc1cc(C(C)C)c(C=CC2CC(O)CC(=O)O2)c(-c2ccc(F)cc2)c1OCc1cccnc1. The maximum Gasteiger partial charge on any atom is 0.309 e. The minimum atomic E-state index is -0.740. The number of hydrogen-bond acceptors (Lipinski definition) is 6. The van der Waals surface area contributed by atoms with Crippen LogP contribution in [0.25, 0.3) is 17.2 Å². The number of esters is 1. The van der Waals surface area contributed by atoms with E-state index in [-0.39, 0.29) is 24.8 Å². The molecule has 1 saturated heterocycles. The van der Waals surface area contributed by atoms with Crippen LogP contribution < -0.4 is 9.47 Å². The molecule has 1 aliphatic rings. The maximum atomic E-state index is 13.8. The number of cyclic esters (lactones) is 1. The number of aliphatic hydroxyl groups excluding tert-OH is 1. The standard InChI is InChI=1S/C29H30FNO5/c1-18(2)25-15-26(34-3)29(35-17-19-5-4-12-31-16-19)28(20-6-8-21(30)9-7-20)24(25)11-10-23-13-22(32)14-27(33)36-23/h4-12,15-16,18,22-23,32H,13-14,17H2,1-3H3. The number of aliphatic hydroxyl groups is 1. The minimum absolute atomic E-state index is 0.00270. The summed E-state index contributed by atoms with van der Waals surface area (Å²) in [6.07, 6.45) is 6.13. The number of benzene rings is 2. The first-order valence-corrected chi connectivity index (χ1v) is 11.9. The summed E-state index contributed by atoms with van der Waals surface area (Å²) in [5, 5.41) is 10.0. The molecule has 188 valence electrons. The third-order valence-electron chi connectivity index (χ3n) is 6.07. The van der Waals surface area contributed by atoms with Crippen molar-refractivity contribution < 1.29 is 28.5 Å². The van der Waals surface area contributed by atoms with Crippen LogP contribution >= 0.6 is 0 Å². The fraction of sp³-hybridized carbons (Fsp3) is 0.310. The van der Waals surface area contributed by atoms with E-state index in [9.17, 15) is 14.3 Å². The van der Waals surface area contributed by atoms with Gasteiger partial charge in [-0.1, -0.05) is 38.1 Å². The van der Waals surface area contributed by atoms with E-state index in [1.807, 2.05) is 24.3 Å². The number of methoxy groups -OCH3 is 1. The third kappa shape index (κ3) is 5.91. The number of pyridine rings is 1. The van der Waals surface area contributed by atoms with Gasteiger partial charge in [0.25, 0.3) is 0 Å². The molecule has 2 atom stereocenters. The zero-order valence-corrected chi connectivity index (χ0v) is 20.6. The number of aromatic nitrogens is 1. The van der Waals surface area contributed by atoms with Gasteiger partial charge in [-0.2, -0.15) is 0 Å². The molecule has 2 heterocycles. The van der Waals surface area contributed by atoms with Gasteiger partial charge in [0.05, 0.1) is 19.6 Å². The molecule has 6 nitrogen and oxygen atoms in total. The quantitative estimate of drug-likeness (QED) is 0.409. The molecule has 4 rings (SSSR count). The summed E-state index contributed by atoms with van der Waals surface area (Å²) >= 11 is 0. The molecule has 2 unspecified atom stereocenters. The second kappa shape index (κ2) is 11.4. The van der Waals surface area contributed by atoms with Crippen molar-refractivity contribution in [2.75, 3.05) is 7.11 Å². The van der Waals surface area contributed by atoms with Gasteiger partial charge in [-0.15, -0.1) is 0 Å². The van der Waals surface area contributed by atoms with E-state index in [2.05, 4.69) is 18.8 Å². The van der Waals surface area contributed by atoms with Crippen LogP contribution in [0.5, 0.6) is 11.5 Å². The summed E-state index contributed by atoms with van der Waals surface area (Å²) in [6.45, 7) is 4.40. The first kappa shape index (κ1) is 25.4. The Hall–Kier alpha value is -3.71. The Balaban J connectivity index is 1.86. The number of carbonyl (C=O) groups excluding carboxylic acids is 1. The Kier molecular flexibility index (Phi) is 8.00. The molecule has 0 radical (unpaired) electrons. The van der Waals surface area contributed by atoms with Crippen molar-refractivity contribution in [2.24, 2.45) is 0 Å². The Morgan fingerprint density at radius 1 is 1.25 bits per heavy atom. The van der Waals surface area contributed by atoms with Crippen molar-refractivity contribution in [3.63, 3.8) is 0 Å². The van der Waals surface area contributed by atoms with Crippen LogP contribution in [0.2, 0.25) is 0 Å². The highest BCUT2D eigenvalue weighted by atomic mass is 19.1. The van der Waals surface area contributed by atoms with Crippen molar-refractivity contribution >= 4 is 12.0 Å². The third-order valence-corrected chi connectivity index (χ3v) is 6.07. The van der Waals surface area contributed by atoms with E-state index in [1.165, 1.54) is 12.1 Å². The van der Waals surface area contributed by atoms with Crippen LogP contribution in [-0.2, 0) is 16.1 Å². The Morgan fingerprint density at radius 3 is 2.67 bits per heavy atom. The van der Waals surface area contributed by atoms with Crippen LogP contribution in [0.1, 0.15) is 49.3 Å². The number of ether oxygens (including phenoxy) is 3. The van der Waals surface area contributed by atoms with E-state index in [0.29, 0.717) is 17.9 Å². The molecule has 1 fully saturated rings. The molecular weight excluding hydrogens is 461 g/mol. The highest BCUT2D eigenvalue weighted by molar-refractivity contribution is 5.85. The van der Waals surface area contributed by atoms with E-state index >= 15 is 0 Å². The van der Waals surface area contributed by atoms with Crippen molar-refractivity contribution in [3.05, 3.63) is 83.4 Å². The van der Waals surface area contributed by atoms with Crippen LogP contribution in [0.3, 0.4) is 0 Å². The molecule has 36 heavy (non-hydrogen) atoms. The fourth-order valence-electron chi connectivity index (χ4n) is 4.30. The van der Waals surface area contributed by atoms with Gasteiger partial charge in [0.2, 0.25) is 0 Å². The molecule has 1 aromatic heterocycles. The maximum absolute atomic E-state index is 13.8. The van der Waals surface area contributed by atoms with Crippen LogP contribution in [0.4, 0.5) is 4.39 Å². The largest absolute Gasteiger partial charge is 0.493 e. The second-order valence-electron chi connectivity index (χ2n) is 9.08. The number of rotatable bonds is 8. The van der Waals surface area contributed by atoms with Gasteiger partial charge in [0.15, 0.2) is 11.5 Å². The van der Waals surface area contributed by atoms with Gasteiger partial charge in [-0.25, -0.2) is 4.39 Å². The Labute approximate surface area is 210 Å². The van der Waals surface area contributed by atoms with Crippen LogP contribution in [0.15, 0.2) is 60.9 Å². The first-order valence-electron chi connectivity index (χ1n) is 11.9. The molecule has 0 saturated carbocycles. The highest BCUT2D eigenvalue weighted by Gasteiger charge is 2.26. The van der Waals surface area contributed by atoms with E-state index in [1.54, 1.807) is 37.7 Å². The lowest BCUT2D eigenvalue weighted by Gasteiger charge is -2.25. The molecule has 0 bridgehead atoms. The number of nitrogens with zero attached hydrogens (tertiary/aromatic N) is 1. The zero-order valence-electron chi connectivity index (χ0n) is 20.6. The van der Waals surface area contributed by atoms with Crippen molar-refractivity contribution in [2.45, 2.75) is 51.4 Å². The van der Waals surface area contributed by atoms with E-state index in [4.69, 9.17) is 14.2 Å². The van der Waals surface area contributed by atoms with E-state index < -0.39 is 18.2 Å². The van der Waals surface area contributed by atoms with Gasteiger partial charge in [0, 0.05) is 29.9 Å². The zero-order chi connectivity index (χ0) is 25.7. The highest BCUT2D eigenvalue weighted by Crippen LogP contribution is 2.45. The lowest BCUT2D eigenvalue weighted by Crippen LogP contribution is -2.31. The van der Waals surface area contributed by atoms with Crippen LogP contribution in [0, 0.1) is 5.82 Å². The molecule has 2 aromatic carbocycles. The summed E-state index contributed by atoms with van der Waals surface area (Å²) in [5.74, 6) is 0.408. The first-order chi connectivity index (χ1) is 17.4. The number of carbonyl (C=O) groups is 1. The average Bonchev–Trinajstić information content (AvgIpc) is 2.86. The van der Waals surface area contributed by atoms with Crippen molar-refractivity contribution in [1.82, 2.24) is 4.98 Å². The predicted molar refractivity (Wildman–Crippen MR) is 135 cm³/mol. The monoisotopic (exact) mass is 491 g/mol. The van der Waals surface area contributed by atoms with Gasteiger partial charge >= 0.3 is 5.97 Å². The summed E-state index contributed by atoms with van der Waals surface area (Å²) in [5.41, 5.74) is 4.20. The van der Waals surface area contributed by atoms with Crippen molar-refractivity contribution in [1.29, 1.82) is 0 Å². The molecular formula is C29H30FNO5. The molecule has 0 amide bonds. The van der Waals surface area contributed by atoms with Gasteiger partial charge in [-0.3, -0.25) is 9.78 Å². The van der Waals surface area contributed by atoms with E-state index in [0.717, 1.165) is 27.8 Å². The van der Waals surface area contributed by atoms with Gasteiger partial charge in [0.1, 0.15) is 18.5 Å². The van der Waals surface area contributed by atoms with Crippen molar-refractivity contribution in [3.8, 4) is 22.6 Å².